The van der Waals surface area contributed by atoms with E-state index >= 15 is 0 Å². The lowest BCUT2D eigenvalue weighted by Gasteiger charge is -2.29. The molecular weight excluding hydrogens is 767 g/mol. The van der Waals surface area contributed by atoms with Crippen molar-refractivity contribution in [3.8, 4) is 33.6 Å². The topological polar surface area (TPSA) is 212 Å². The average molecular weight is 814 g/mol. The molecule has 0 unspecified atom stereocenters. The zero-order valence-electron chi connectivity index (χ0n) is 33.1. The summed E-state index contributed by atoms with van der Waals surface area (Å²) in [5.74, 6) is -0.0943. The van der Waals surface area contributed by atoms with Crippen LogP contribution in [0.15, 0.2) is 85.2 Å². The minimum absolute atomic E-state index is 0.00279. The molecule has 2 aliphatic heterocycles. The minimum atomic E-state index is -3.65. The third kappa shape index (κ3) is 8.82. The number of nitrogens with one attached hydrogen (secondary N) is 4. The smallest absolute Gasteiger partial charge is 0.407 e. The predicted molar refractivity (Wildman–Crippen MR) is 215 cm³/mol. The summed E-state index contributed by atoms with van der Waals surface area (Å²) in [6.45, 7) is 9.25. The molecule has 4 heterocycles. The van der Waals surface area contributed by atoms with Gasteiger partial charge in [-0.2, -0.15) is 4.31 Å². The van der Waals surface area contributed by atoms with Crippen molar-refractivity contribution in [3.05, 3.63) is 96.9 Å². The summed E-state index contributed by atoms with van der Waals surface area (Å²) in [4.78, 5) is 69.9. The van der Waals surface area contributed by atoms with Gasteiger partial charge in [0.25, 0.3) is 5.91 Å². The monoisotopic (exact) mass is 813 g/mol. The molecule has 2 aliphatic rings. The maximum Gasteiger partial charge on any atom is 0.407 e. The summed E-state index contributed by atoms with van der Waals surface area (Å²) in [6, 6.07) is 12.7. The number of aromatic amines is 2. The number of alkyl carbamates (subject to hydrolysis) is 2. The average Bonchev–Trinajstić information content (AvgIpc) is 4.04. The number of H-pyrrole nitrogens is 2. The first kappa shape index (κ1) is 41.4. The van der Waals surface area contributed by atoms with Gasteiger partial charge in [0.05, 0.1) is 50.9 Å². The number of methoxy groups -OCH3 is 2. The Hall–Kier alpha value is -6.27. The Labute approximate surface area is 336 Å². The molecule has 2 aromatic heterocycles. The van der Waals surface area contributed by atoms with Crippen LogP contribution in [0.2, 0.25) is 0 Å². The van der Waals surface area contributed by atoms with Crippen molar-refractivity contribution in [1.82, 2.24) is 44.7 Å². The molecule has 0 saturated carbocycles. The van der Waals surface area contributed by atoms with Gasteiger partial charge in [-0.15, -0.1) is 0 Å². The molecule has 4 amide bonds. The van der Waals surface area contributed by atoms with Gasteiger partial charge in [-0.05, 0) is 40.7 Å². The number of amides is 4. The van der Waals surface area contributed by atoms with Crippen LogP contribution in [-0.2, 0) is 29.1 Å². The fraction of sp³-hybridized carbons (Fsp3) is 0.350. The second-order valence-corrected chi connectivity index (χ2v) is 16.5. The molecule has 2 aromatic carbocycles. The van der Waals surface area contributed by atoms with Gasteiger partial charge in [0.1, 0.15) is 35.8 Å². The van der Waals surface area contributed by atoms with Crippen LogP contribution in [0.25, 0.3) is 33.6 Å². The van der Waals surface area contributed by atoms with Crippen LogP contribution in [-0.4, -0.2) is 119 Å². The Balaban J connectivity index is 1.15. The van der Waals surface area contributed by atoms with Crippen LogP contribution >= 0.6 is 0 Å². The second kappa shape index (κ2) is 17.1. The van der Waals surface area contributed by atoms with Crippen molar-refractivity contribution in [2.24, 2.45) is 5.92 Å². The fourth-order valence-electron chi connectivity index (χ4n) is 6.89. The summed E-state index contributed by atoms with van der Waals surface area (Å²) in [7, 11) is -1.21. The number of imidazole rings is 2. The number of aromatic nitrogens is 4. The number of carbonyl (C=O) groups excluding carboxylic acids is 4. The summed E-state index contributed by atoms with van der Waals surface area (Å²) in [6.07, 6.45) is 6.72. The molecule has 17 nitrogen and oxygen atoms in total. The lowest BCUT2D eigenvalue weighted by atomic mass is 10.0. The largest absolute Gasteiger partial charge is 0.453 e. The molecule has 1 saturated heterocycles. The summed E-state index contributed by atoms with van der Waals surface area (Å²) < 4.78 is 35.7. The van der Waals surface area contributed by atoms with E-state index in [0.717, 1.165) is 34.2 Å². The standard InChI is InChI=1S/C40H47N9O8S/c1-23(2)33(45-39(52)56-5)37(50)48-18-8-9-31(48)35-41-19-29(43-35)27-14-10-25(11-15-27)26-12-16-28(17-13-26)30-20-42-36(44-30)32-21-47(58(7,54)55)22-49(32)38(51)34(24(3)4)46-40(53)57-6/h8-17,19-20,24,31-34H,1,18,21-22H2,2-7H3,(H,41,43)(H,42,44)(H,45,52)(H,46,53)/t31-,32-,33-,34-/m0/s1. The van der Waals surface area contributed by atoms with Crippen molar-refractivity contribution >= 4 is 34.0 Å². The Bertz CT molecular complexity index is 2320. The lowest BCUT2D eigenvalue weighted by molar-refractivity contribution is -0.135. The van der Waals surface area contributed by atoms with Crippen LogP contribution in [0, 0.1) is 5.92 Å². The summed E-state index contributed by atoms with van der Waals surface area (Å²) in [5.41, 5.74) is 5.59. The predicted octanol–water partition coefficient (Wildman–Crippen LogP) is 4.36. The number of ether oxygens (including phenoxy) is 2. The SMILES string of the molecule is C=C(C)[C@H](NC(=O)OC)C(=O)N1CC=C[C@H]1c1ncc(-c2ccc(-c3ccc(-c4cnc([C@@H]5CN(S(C)(=O)=O)CN5C(=O)[C@@H](NC(=O)OC)C(C)C)[nH]4)cc3)cc2)[nH]1. The number of sulfonamides is 1. The molecular formula is C40H47N9O8S. The molecule has 4 atom stereocenters. The molecule has 0 radical (unpaired) electrons. The Morgan fingerprint density at radius 1 is 0.810 bits per heavy atom. The number of nitrogens with zero attached hydrogens (tertiary/aromatic N) is 5. The maximum absolute atomic E-state index is 13.8. The second-order valence-electron chi connectivity index (χ2n) is 14.5. The highest BCUT2D eigenvalue weighted by molar-refractivity contribution is 7.88. The number of rotatable bonds is 12. The van der Waals surface area contributed by atoms with Gasteiger partial charge >= 0.3 is 12.2 Å². The van der Waals surface area contributed by atoms with E-state index < -0.39 is 52.3 Å². The van der Waals surface area contributed by atoms with Crippen LogP contribution in [0.1, 0.15) is 44.5 Å². The van der Waals surface area contributed by atoms with E-state index in [1.165, 1.54) is 23.4 Å². The van der Waals surface area contributed by atoms with Gasteiger partial charge in [-0.3, -0.25) is 9.59 Å². The van der Waals surface area contributed by atoms with Crippen LogP contribution in [0.3, 0.4) is 0 Å². The van der Waals surface area contributed by atoms with Gasteiger partial charge < -0.3 is 39.9 Å². The fourth-order valence-corrected chi connectivity index (χ4v) is 7.64. The van der Waals surface area contributed by atoms with Gasteiger partial charge in [0.2, 0.25) is 15.9 Å². The van der Waals surface area contributed by atoms with Gasteiger partial charge in [-0.1, -0.05) is 81.1 Å². The van der Waals surface area contributed by atoms with Crippen LogP contribution < -0.4 is 10.6 Å². The molecule has 0 aliphatic carbocycles. The minimum Gasteiger partial charge on any atom is -0.453 e. The number of hydrogen-bond donors (Lipinski definition) is 4. The number of hydrogen-bond acceptors (Lipinski definition) is 10. The molecule has 4 aromatic rings. The Morgan fingerprint density at radius 3 is 1.84 bits per heavy atom. The highest BCUT2D eigenvalue weighted by Gasteiger charge is 2.43. The first-order valence-corrected chi connectivity index (χ1v) is 20.3. The van der Waals surface area contributed by atoms with Crippen LogP contribution in [0.5, 0.6) is 0 Å². The van der Waals surface area contributed by atoms with E-state index in [4.69, 9.17) is 4.74 Å². The highest BCUT2D eigenvalue weighted by atomic mass is 32.2. The van der Waals surface area contributed by atoms with E-state index in [9.17, 15) is 27.6 Å². The maximum atomic E-state index is 13.8. The zero-order valence-corrected chi connectivity index (χ0v) is 33.9. The molecule has 6 rings (SSSR count). The molecule has 58 heavy (non-hydrogen) atoms. The Kier molecular flexibility index (Phi) is 12.2. The van der Waals surface area contributed by atoms with Crippen molar-refractivity contribution < 1.29 is 37.1 Å². The highest BCUT2D eigenvalue weighted by Crippen LogP contribution is 2.33. The van der Waals surface area contributed by atoms with E-state index in [-0.39, 0.29) is 25.0 Å². The van der Waals surface area contributed by atoms with Crippen molar-refractivity contribution in [3.63, 3.8) is 0 Å². The molecule has 18 heteroatoms. The first-order valence-electron chi connectivity index (χ1n) is 18.5. The normalized spacial score (nSPS) is 17.9. The number of carbonyl (C=O) groups is 4. The van der Waals surface area contributed by atoms with Crippen molar-refractivity contribution in [2.45, 2.75) is 44.9 Å². The first-order chi connectivity index (χ1) is 27.6. The van der Waals surface area contributed by atoms with E-state index in [0.29, 0.717) is 29.5 Å². The summed E-state index contributed by atoms with van der Waals surface area (Å²) >= 11 is 0. The molecule has 4 N–H and O–H groups in total. The number of benzene rings is 2. The van der Waals surface area contributed by atoms with E-state index in [1.54, 1.807) is 38.1 Å². The van der Waals surface area contributed by atoms with E-state index in [1.807, 2.05) is 60.7 Å². The lowest BCUT2D eigenvalue weighted by Crippen LogP contribution is -2.51. The van der Waals surface area contributed by atoms with Gasteiger partial charge in [0.15, 0.2) is 0 Å². The third-order valence-corrected chi connectivity index (χ3v) is 11.3. The Morgan fingerprint density at radius 2 is 1.33 bits per heavy atom. The summed E-state index contributed by atoms with van der Waals surface area (Å²) in [5, 5.41) is 5.12. The molecule has 0 spiro atoms. The zero-order chi connectivity index (χ0) is 41.9. The van der Waals surface area contributed by atoms with Crippen molar-refractivity contribution in [2.75, 3.05) is 40.2 Å². The quantitative estimate of drug-likeness (QED) is 0.149. The molecule has 0 bridgehead atoms. The van der Waals surface area contributed by atoms with Crippen LogP contribution in [0.4, 0.5) is 9.59 Å². The van der Waals surface area contributed by atoms with Gasteiger partial charge in [-0.25, -0.2) is 28.0 Å². The third-order valence-electron chi connectivity index (χ3n) is 10.1. The molecule has 306 valence electrons. The van der Waals surface area contributed by atoms with Gasteiger partial charge in [0, 0.05) is 13.1 Å². The van der Waals surface area contributed by atoms with E-state index in [2.05, 4.69) is 41.9 Å². The molecule has 1 fully saturated rings. The van der Waals surface area contributed by atoms with Crippen molar-refractivity contribution in [1.29, 1.82) is 0 Å².